The number of carbonyl (C=O) groups excluding carboxylic acids is 2. The number of hydrogen-bond acceptors (Lipinski definition) is 4. The number of rotatable bonds is 10. The molecule has 0 aromatic heterocycles. The first kappa shape index (κ1) is 27.1. The quantitative estimate of drug-likeness (QED) is 0.393. The zero-order valence-corrected chi connectivity index (χ0v) is 22.3. The molecule has 4 rings (SSSR count). The summed E-state index contributed by atoms with van der Waals surface area (Å²) in [7, 11) is 1.65. The van der Waals surface area contributed by atoms with Crippen molar-refractivity contribution in [2.24, 2.45) is 0 Å². The lowest BCUT2D eigenvalue weighted by Gasteiger charge is -2.28. The van der Waals surface area contributed by atoms with E-state index >= 15 is 0 Å². The first-order valence-electron chi connectivity index (χ1n) is 13.0. The fraction of sp³-hybridized carbons (Fsp3) is 0.400. The molecular weight excluding hydrogens is 486 g/mol. The van der Waals surface area contributed by atoms with Gasteiger partial charge in [0.25, 0.3) is 5.91 Å². The standard InChI is InChI=1S/C30H36ClN3O3/c1-3-21(22-8-5-4-6-9-22)20-34-16-14-25(33-28(30(34)36)15-17-37-2)19-32-29(35)27-11-7-10-23-18-24(31)12-13-26(23)27/h4-13,18,21,25,28,33H,3,14-17,19-20H2,1-2H3,(H,32,35)/t21-,25+,28+/m1/s1. The largest absolute Gasteiger partial charge is 0.385 e. The third-order valence-electron chi connectivity index (χ3n) is 7.21. The average molecular weight is 522 g/mol. The van der Waals surface area contributed by atoms with Gasteiger partial charge < -0.3 is 20.3 Å². The van der Waals surface area contributed by atoms with Gasteiger partial charge in [-0.25, -0.2) is 0 Å². The van der Waals surface area contributed by atoms with Crippen LogP contribution in [0.4, 0.5) is 0 Å². The number of fused-ring (bicyclic) bond motifs is 1. The van der Waals surface area contributed by atoms with E-state index in [1.54, 1.807) is 13.2 Å². The molecule has 1 aliphatic rings. The predicted octanol–water partition coefficient (Wildman–Crippen LogP) is 5.01. The van der Waals surface area contributed by atoms with Crippen molar-refractivity contribution in [3.63, 3.8) is 0 Å². The minimum atomic E-state index is -0.350. The van der Waals surface area contributed by atoms with Crippen LogP contribution in [-0.4, -0.2) is 62.1 Å². The van der Waals surface area contributed by atoms with Gasteiger partial charge in [-0.2, -0.15) is 0 Å². The van der Waals surface area contributed by atoms with Crippen LogP contribution in [0.15, 0.2) is 66.7 Å². The summed E-state index contributed by atoms with van der Waals surface area (Å²) in [5.41, 5.74) is 1.87. The number of nitrogens with zero attached hydrogens (tertiary/aromatic N) is 1. The van der Waals surface area contributed by atoms with Gasteiger partial charge in [0.1, 0.15) is 0 Å². The van der Waals surface area contributed by atoms with E-state index in [-0.39, 0.29) is 29.8 Å². The van der Waals surface area contributed by atoms with Crippen LogP contribution in [0.3, 0.4) is 0 Å². The van der Waals surface area contributed by atoms with Crippen LogP contribution in [0.2, 0.25) is 5.02 Å². The molecule has 2 N–H and O–H groups in total. The molecule has 3 aromatic carbocycles. The van der Waals surface area contributed by atoms with Gasteiger partial charge in [0.15, 0.2) is 0 Å². The topological polar surface area (TPSA) is 70.7 Å². The Morgan fingerprint density at radius 3 is 2.73 bits per heavy atom. The second kappa shape index (κ2) is 13.0. The Hall–Kier alpha value is -2.93. The van der Waals surface area contributed by atoms with Gasteiger partial charge in [0.05, 0.1) is 6.04 Å². The van der Waals surface area contributed by atoms with E-state index in [0.717, 1.165) is 23.6 Å². The fourth-order valence-corrected chi connectivity index (χ4v) is 5.27. The van der Waals surface area contributed by atoms with Gasteiger partial charge in [-0.05, 0) is 53.8 Å². The van der Waals surface area contributed by atoms with E-state index in [1.165, 1.54) is 5.56 Å². The first-order valence-corrected chi connectivity index (χ1v) is 13.4. The Labute approximate surface area is 224 Å². The van der Waals surface area contributed by atoms with Crippen molar-refractivity contribution in [2.75, 3.05) is 33.4 Å². The number of methoxy groups -OCH3 is 1. The van der Waals surface area contributed by atoms with Crippen molar-refractivity contribution in [3.8, 4) is 0 Å². The highest BCUT2D eigenvalue weighted by Gasteiger charge is 2.32. The third kappa shape index (κ3) is 6.89. The molecule has 196 valence electrons. The van der Waals surface area contributed by atoms with Crippen LogP contribution in [0.25, 0.3) is 10.8 Å². The lowest BCUT2D eigenvalue weighted by molar-refractivity contribution is -0.133. The van der Waals surface area contributed by atoms with E-state index < -0.39 is 0 Å². The van der Waals surface area contributed by atoms with Crippen molar-refractivity contribution in [1.29, 1.82) is 0 Å². The summed E-state index contributed by atoms with van der Waals surface area (Å²) in [4.78, 5) is 28.6. The minimum absolute atomic E-state index is 0.0269. The highest BCUT2D eigenvalue weighted by molar-refractivity contribution is 6.31. The number of benzene rings is 3. The molecule has 0 radical (unpaired) electrons. The molecule has 1 saturated heterocycles. The van der Waals surface area contributed by atoms with Gasteiger partial charge in [0.2, 0.25) is 5.91 Å². The van der Waals surface area contributed by atoms with Gasteiger partial charge in [-0.1, -0.05) is 67.1 Å². The van der Waals surface area contributed by atoms with Crippen LogP contribution in [0.5, 0.6) is 0 Å². The maximum atomic E-state index is 13.5. The number of hydrogen-bond donors (Lipinski definition) is 2. The highest BCUT2D eigenvalue weighted by Crippen LogP contribution is 2.24. The van der Waals surface area contributed by atoms with E-state index in [2.05, 4.69) is 41.8 Å². The number of halogens is 1. The second-order valence-electron chi connectivity index (χ2n) is 9.67. The summed E-state index contributed by atoms with van der Waals surface area (Å²) >= 11 is 6.13. The van der Waals surface area contributed by atoms with Crippen LogP contribution in [0, 0.1) is 0 Å². The van der Waals surface area contributed by atoms with Crippen molar-refractivity contribution >= 4 is 34.2 Å². The Balaban J connectivity index is 1.45. The average Bonchev–Trinajstić information content (AvgIpc) is 3.07. The van der Waals surface area contributed by atoms with Crippen LogP contribution in [-0.2, 0) is 9.53 Å². The van der Waals surface area contributed by atoms with Crippen LogP contribution in [0.1, 0.15) is 48.0 Å². The van der Waals surface area contributed by atoms with Crippen LogP contribution >= 0.6 is 11.6 Å². The Morgan fingerprint density at radius 2 is 1.97 bits per heavy atom. The molecule has 1 heterocycles. The SMILES string of the molecule is CC[C@H](CN1CC[C@@H](CNC(=O)c2cccc3cc(Cl)ccc23)N[C@@H](CCOC)C1=O)c1ccccc1. The van der Waals surface area contributed by atoms with Crippen molar-refractivity contribution in [3.05, 3.63) is 82.9 Å². The van der Waals surface area contributed by atoms with Gasteiger partial charge in [0, 0.05) is 55.9 Å². The summed E-state index contributed by atoms with van der Waals surface area (Å²) in [6.07, 6.45) is 2.30. The summed E-state index contributed by atoms with van der Waals surface area (Å²) in [5, 5.41) is 9.03. The smallest absolute Gasteiger partial charge is 0.251 e. The minimum Gasteiger partial charge on any atom is -0.385 e. The third-order valence-corrected chi connectivity index (χ3v) is 7.44. The molecule has 2 amide bonds. The lowest BCUT2D eigenvalue weighted by Crippen LogP contribution is -2.49. The Bertz CT molecular complexity index is 1200. The maximum Gasteiger partial charge on any atom is 0.251 e. The molecule has 0 unspecified atom stereocenters. The molecule has 3 atom stereocenters. The maximum absolute atomic E-state index is 13.5. The van der Waals surface area contributed by atoms with Gasteiger partial charge in [-0.3, -0.25) is 9.59 Å². The van der Waals surface area contributed by atoms with Gasteiger partial charge in [-0.15, -0.1) is 0 Å². The zero-order chi connectivity index (χ0) is 26.2. The zero-order valence-electron chi connectivity index (χ0n) is 21.6. The number of amides is 2. The van der Waals surface area contributed by atoms with E-state index in [4.69, 9.17) is 16.3 Å². The molecule has 3 aromatic rings. The predicted molar refractivity (Wildman–Crippen MR) is 149 cm³/mol. The van der Waals surface area contributed by atoms with E-state index in [9.17, 15) is 9.59 Å². The molecule has 6 nitrogen and oxygen atoms in total. The molecule has 0 saturated carbocycles. The summed E-state index contributed by atoms with van der Waals surface area (Å²) in [6.45, 7) is 4.42. The molecule has 0 aliphatic carbocycles. The first-order chi connectivity index (χ1) is 18.0. The molecule has 1 aliphatic heterocycles. The van der Waals surface area contributed by atoms with Gasteiger partial charge >= 0.3 is 0 Å². The van der Waals surface area contributed by atoms with E-state index in [1.807, 2.05) is 41.3 Å². The monoisotopic (exact) mass is 521 g/mol. The Morgan fingerprint density at radius 1 is 1.16 bits per heavy atom. The number of nitrogens with one attached hydrogen (secondary N) is 2. The van der Waals surface area contributed by atoms with Crippen molar-refractivity contribution < 1.29 is 14.3 Å². The number of ether oxygens (including phenoxy) is 1. The van der Waals surface area contributed by atoms with E-state index in [0.29, 0.717) is 43.2 Å². The normalized spacial score (nSPS) is 19.0. The molecule has 7 heteroatoms. The fourth-order valence-electron chi connectivity index (χ4n) is 5.09. The number of carbonyl (C=O) groups is 2. The van der Waals surface area contributed by atoms with Crippen molar-refractivity contribution in [1.82, 2.24) is 15.5 Å². The van der Waals surface area contributed by atoms with Crippen molar-refractivity contribution in [2.45, 2.75) is 44.2 Å². The molecular formula is C30H36ClN3O3. The molecule has 0 bridgehead atoms. The summed E-state index contributed by atoms with van der Waals surface area (Å²) < 4.78 is 5.29. The molecule has 1 fully saturated rings. The molecule has 0 spiro atoms. The summed E-state index contributed by atoms with van der Waals surface area (Å²) in [6, 6.07) is 21.2. The van der Waals surface area contributed by atoms with Crippen LogP contribution < -0.4 is 10.6 Å². The highest BCUT2D eigenvalue weighted by atomic mass is 35.5. The lowest BCUT2D eigenvalue weighted by atomic mass is 9.95. The second-order valence-corrected chi connectivity index (χ2v) is 10.1. The Kier molecular flexibility index (Phi) is 9.56. The molecule has 37 heavy (non-hydrogen) atoms. The summed E-state index contributed by atoms with van der Waals surface area (Å²) in [5.74, 6) is 0.251.